The molecule has 3 aromatic rings. The molecule has 1 fully saturated rings. The number of nitrogens with zero attached hydrogens (tertiary/aromatic N) is 2. The van der Waals surface area contributed by atoms with E-state index in [1.54, 1.807) is 41.3 Å². The molecule has 1 heterocycles. The molecular formula is C26H21ClFN3O4S. The van der Waals surface area contributed by atoms with Crippen LogP contribution in [0.25, 0.3) is 0 Å². The van der Waals surface area contributed by atoms with E-state index >= 15 is 0 Å². The Bertz CT molecular complexity index is 1300. The van der Waals surface area contributed by atoms with Crippen LogP contribution in [0.5, 0.6) is 0 Å². The molecule has 0 unspecified atom stereocenters. The molecule has 1 aliphatic heterocycles. The first-order valence-corrected chi connectivity index (χ1v) is 12.2. The molecule has 0 radical (unpaired) electrons. The van der Waals surface area contributed by atoms with Crippen molar-refractivity contribution in [3.8, 4) is 0 Å². The minimum atomic E-state index is -1.06. The lowest BCUT2D eigenvalue weighted by molar-refractivity contribution is -0.128. The number of amidine groups is 1. The number of rotatable bonds is 8. The maximum atomic E-state index is 13.2. The highest BCUT2D eigenvalue weighted by Gasteiger charge is 2.39. The first-order chi connectivity index (χ1) is 17.3. The maximum Gasteiger partial charge on any atom is 0.335 e. The van der Waals surface area contributed by atoms with Gasteiger partial charge in [-0.15, -0.1) is 0 Å². The molecule has 2 amide bonds. The number of benzene rings is 3. The SMILES string of the molecule is O=C(C[C@H]1SC(=Nc2ccc(Cl)cc2)N(CCc2ccc(F)cc2)C1=O)Nc1ccc(C(=O)O)cc1. The molecule has 1 aliphatic rings. The first-order valence-electron chi connectivity index (χ1n) is 11.0. The zero-order chi connectivity index (χ0) is 25.7. The van der Waals surface area contributed by atoms with Gasteiger partial charge in [-0.05, 0) is 72.6 Å². The third-order valence-corrected chi connectivity index (χ3v) is 6.82. The topological polar surface area (TPSA) is 99.1 Å². The van der Waals surface area contributed by atoms with Gasteiger partial charge in [0.15, 0.2) is 5.17 Å². The van der Waals surface area contributed by atoms with Crippen LogP contribution in [0.3, 0.4) is 0 Å². The predicted octanol–water partition coefficient (Wildman–Crippen LogP) is 5.38. The van der Waals surface area contributed by atoms with Crippen molar-refractivity contribution in [3.05, 3.63) is 94.8 Å². The van der Waals surface area contributed by atoms with Crippen molar-refractivity contribution < 1.29 is 23.9 Å². The highest BCUT2D eigenvalue weighted by Crippen LogP contribution is 2.32. The quantitative estimate of drug-likeness (QED) is 0.411. The Hall–Kier alpha value is -3.69. The molecule has 2 N–H and O–H groups in total. The highest BCUT2D eigenvalue weighted by molar-refractivity contribution is 8.15. The lowest BCUT2D eigenvalue weighted by atomic mass is 10.1. The predicted molar refractivity (Wildman–Crippen MR) is 138 cm³/mol. The summed E-state index contributed by atoms with van der Waals surface area (Å²) in [6.07, 6.45) is 0.401. The van der Waals surface area contributed by atoms with Crippen molar-refractivity contribution in [2.45, 2.75) is 18.1 Å². The van der Waals surface area contributed by atoms with Crippen LogP contribution in [0.4, 0.5) is 15.8 Å². The van der Waals surface area contributed by atoms with Crippen LogP contribution in [0, 0.1) is 5.82 Å². The van der Waals surface area contributed by atoms with Gasteiger partial charge in [-0.2, -0.15) is 0 Å². The number of carbonyl (C=O) groups excluding carboxylic acids is 2. The number of hydrogen-bond acceptors (Lipinski definition) is 5. The Balaban J connectivity index is 1.48. The van der Waals surface area contributed by atoms with Gasteiger partial charge in [0, 0.05) is 23.7 Å². The van der Waals surface area contributed by atoms with Gasteiger partial charge in [0.25, 0.3) is 0 Å². The molecule has 36 heavy (non-hydrogen) atoms. The molecule has 1 atom stereocenters. The monoisotopic (exact) mass is 525 g/mol. The van der Waals surface area contributed by atoms with Crippen LogP contribution in [-0.4, -0.2) is 44.8 Å². The summed E-state index contributed by atoms with van der Waals surface area (Å²) >= 11 is 7.17. The van der Waals surface area contributed by atoms with E-state index in [-0.39, 0.29) is 29.6 Å². The average molecular weight is 526 g/mol. The van der Waals surface area contributed by atoms with Gasteiger partial charge in [0.2, 0.25) is 11.8 Å². The number of amides is 2. The van der Waals surface area contributed by atoms with Crippen LogP contribution < -0.4 is 5.32 Å². The second-order valence-electron chi connectivity index (χ2n) is 7.98. The van der Waals surface area contributed by atoms with E-state index in [9.17, 15) is 18.8 Å². The highest BCUT2D eigenvalue weighted by atomic mass is 35.5. The van der Waals surface area contributed by atoms with Gasteiger partial charge in [-0.3, -0.25) is 14.5 Å². The largest absolute Gasteiger partial charge is 0.478 e. The van der Waals surface area contributed by atoms with Gasteiger partial charge in [0.1, 0.15) is 11.1 Å². The summed E-state index contributed by atoms with van der Waals surface area (Å²) in [5, 5.41) is 12.1. The molecule has 0 saturated carbocycles. The number of carboxylic acid groups (broad SMARTS) is 1. The Morgan fingerprint density at radius 1 is 1.03 bits per heavy atom. The van der Waals surface area contributed by atoms with E-state index < -0.39 is 11.2 Å². The number of carbonyl (C=O) groups is 3. The van der Waals surface area contributed by atoms with Gasteiger partial charge >= 0.3 is 5.97 Å². The van der Waals surface area contributed by atoms with Gasteiger partial charge in [-0.1, -0.05) is 35.5 Å². The van der Waals surface area contributed by atoms with E-state index in [0.29, 0.717) is 34.5 Å². The zero-order valence-corrected chi connectivity index (χ0v) is 20.4. The smallest absolute Gasteiger partial charge is 0.335 e. The second-order valence-corrected chi connectivity index (χ2v) is 9.58. The molecule has 0 aliphatic carbocycles. The zero-order valence-electron chi connectivity index (χ0n) is 18.9. The fraction of sp³-hybridized carbons (Fsp3) is 0.154. The molecule has 1 saturated heterocycles. The summed E-state index contributed by atoms with van der Waals surface area (Å²) in [7, 11) is 0. The number of thioether (sulfide) groups is 1. The van der Waals surface area contributed by atoms with Crippen LogP contribution >= 0.6 is 23.4 Å². The van der Waals surface area contributed by atoms with Crippen molar-refractivity contribution in [1.82, 2.24) is 4.90 Å². The first kappa shape index (κ1) is 25.4. The van der Waals surface area contributed by atoms with Crippen molar-refractivity contribution in [2.75, 3.05) is 11.9 Å². The van der Waals surface area contributed by atoms with Crippen LogP contribution in [-0.2, 0) is 16.0 Å². The van der Waals surface area contributed by atoms with Gasteiger partial charge in [0.05, 0.1) is 11.3 Å². The Kier molecular flexibility index (Phi) is 8.02. The van der Waals surface area contributed by atoms with E-state index in [4.69, 9.17) is 16.7 Å². The van der Waals surface area contributed by atoms with Crippen molar-refractivity contribution in [2.24, 2.45) is 4.99 Å². The summed E-state index contributed by atoms with van der Waals surface area (Å²) in [6, 6.07) is 18.7. The number of aliphatic imine (C=N–C) groups is 1. The summed E-state index contributed by atoms with van der Waals surface area (Å²) in [4.78, 5) is 43.0. The Morgan fingerprint density at radius 3 is 2.33 bits per heavy atom. The molecular weight excluding hydrogens is 505 g/mol. The normalized spacial score (nSPS) is 16.4. The molecule has 0 bridgehead atoms. The van der Waals surface area contributed by atoms with Crippen LogP contribution in [0.1, 0.15) is 22.3 Å². The third-order valence-electron chi connectivity index (χ3n) is 5.40. The van der Waals surface area contributed by atoms with Crippen LogP contribution in [0.2, 0.25) is 5.02 Å². The number of nitrogens with one attached hydrogen (secondary N) is 1. The number of halogens is 2. The average Bonchev–Trinajstić information content (AvgIpc) is 3.14. The van der Waals surface area contributed by atoms with Crippen molar-refractivity contribution in [1.29, 1.82) is 0 Å². The van der Waals surface area contributed by atoms with Crippen molar-refractivity contribution in [3.63, 3.8) is 0 Å². The fourth-order valence-electron chi connectivity index (χ4n) is 3.53. The fourth-order valence-corrected chi connectivity index (χ4v) is 4.84. The van der Waals surface area contributed by atoms with Gasteiger partial charge < -0.3 is 10.4 Å². The number of hydrogen-bond donors (Lipinski definition) is 2. The second kappa shape index (κ2) is 11.4. The van der Waals surface area contributed by atoms with Gasteiger partial charge in [-0.25, -0.2) is 14.2 Å². The number of anilines is 1. The molecule has 0 spiro atoms. The minimum Gasteiger partial charge on any atom is -0.478 e. The molecule has 4 rings (SSSR count). The molecule has 0 aromatic heterocycles. The van der Waals surface area contributed by atoms with E-state index in [2.05, 4.69) is 10.3 Å². The molecule has 3 aromatic carbocycles. The summed E-state index contributed by atoms with van der Waals surface area (Å²) < 4.78 is 13.2. The standard InChI is InChI=1S/C26H21ClFN3O4S/c27-18-5-11-21(12-6-18)30-26-31(14-13-16-1-7-19(28)8-2-16)24(33)22(36-26)15-23(32)29-20-9-3-17(4-10-20)25(34)35/h1-12,22H,13-15H2,(H,29,32)(H,34,35)/t22-/m1/s1. The Labute approximate surface area is 216 Å². The third kappa shape index (κ3) is 6.50. The molecule has 184 valence electrons. The summed E-state index contributed by atoms with van der Waals surface area (Å²) in [5.74, 6) is -2.02. The summed E-state index contributed by atoms with van der Waals surface area (Å²) in [5.41, 5.74) is 2.02. The molecule has 7 nitrogen and oxygen atoms in total. The maximum absolute atomic E-state index is 13.2. The van der Waals surface area contributed by atoms with E-state index in [1.807, 2.05) is 0 Å². The minimum absolute atomic E-state index is 0.0864. The van der Waals surface area contributed by atoms with Crippen molar-refractivity contribution >= 4 is 57.7 Å². The lowest BCUT2D eigenvalue weighted by Crippen LogP contribution is -2.35. The molecule has 10 heteroatoms. The van der Waals surface area contributed by atoms with E-state index in [0.717, 1.165) is 5.56 Å². The Morgan fingerprint density at radius 2 is 1.69 bits per heavy atom. The van der Waals surface area contributed by atoms with E-state index in [1.165, 1.54) is 48.2 Å². The summed E-state index contributed by atoms with van der Waals surface area (Å²) in [6.45, 7) is 0.318. The number of aromatic carboxylic acids is 1. The van der Waals surface area contributed by atoms with Crippen LogP contribution in [0.15, 0.2) is 77.8 Å². The lowest BCUT2D eigenvalue weighted by Gasteiger charge is -2.16. The number of carboxylic acids is 1.